The van der Waals surface area contributed by atoms with Gasteiger partial charge in [-0.1, -0.05) is 15.9 Å². The average Bonchev–Trinajstić information content (AvgIpc) is 2.70. The maximum absolute atomic E-state index is 11.5. The molecule has 0 atom stereocenters. The topological polar surface area (TPSA) is 51.2 Å². The van der Waals surface area contributed by atoms with Gasteiger partial charge in [0.2, 0.25) is 0 Å². The molecule has 1 amide bonds. The summed E-state index contributed by atoms with van der Waals surface area (Å²) in [4.78, 5) is 15.6. The van der Waals surface area contributed by atoms with E-state index in [1.54, 1.807) is 5.38 Å². The third-order valence-electron chi connectivity index (χ3n) is 1.82. The van der Waals surface area contributed by atoms with Gasteiger partial charge in [-0.2, -0.15) is 0 Å². The number of carbonyl (C=O) groups excluding carboxylic acids is 1. The first-order valence-electron chi connectivity index (χ1n) is 5.08. The molecule has 1 rings (SSSR count). The van der Waals surface area contributed by atoms with Gasteiger partial charge in [0.1, 0.15) is 5.69 Å². The Morgan fingerprint density at radius 3 is 3.06 bits per heavy atom. The largest absolute Gasteiger partial charge is 0.381 e. The van der Waals surface area contributed by atoms with Crippen LogP contribution in [0.4, 0.5) is 0 Å². The minimum atomic E-state index is -0.107. The number of ether oxygens (including phenoxy) is 1. The standard InChI is InChI=1S/C10H15BrN2O2S/c1-8-13-9(7-16-8)10(14)12-4-2-5-15-6-3-11/h7H,2-6H2,1H3,(H,12,14). The molecule has 0 radical (unpaired) electrons. The molecule has 0 bridgehead atoms. The Hall–Kier alpha value is -0.460. The molecule has 0 aliphatic heterocycles. The minimum absolute atomic E-state index is 0.107. The Morgan fingerprint density at radius 2 is 2.44 bits per heavy atom. The van der Waals surface area contributed by atoms with Crippen molar-refractivity contribution in [1.29, 1.82) is 0 Å². The van der Waals surface area contributed by atoms with Gasteiger partial charge in [-0.3, -0.25) is 4.79 Å². The monoisotopic (exact) mass is 306 g/mol. The van der Waals surface area contributed by atoms with Crippen LogP contribution in [0.5, 0.6) is 0 Å². The number of nitrogens with zero attached hydrogens (tertiary/aromatic N) is 1. The molecule has 1 aromatic rings. The molecule has 6 heteroatoms. The van der Waals surface area contributed by atoms with Crippen molar-refractivity contribution in [2.45, 2.75) is 13.3 Å². The van der Waals surface area contributed by atoms with Crippen molar-refractivity contribution in [3.8, 4) is 0 Å². The first-order valence-corrected chi connectivity index (χ1v) is 7.08. The summed E-state index contributed by atoms with van der Waals surface area (Å²) in [5, 5.41) is 6.33. The van der Waals surface area contributed by atoms with Crippen LogP contribution in [-0.4, -0.2) is 36.0 Å². The predicted molar refractivity (Wildman–Crippen MR) is 68.4 cm³/mol. The molecule has 0 fully saturated rings. The van der Waals surface area contributed by atoms with E-state index in [-0.39, 0.29) is 5.91 Å². The zero-order valence-electron chi connectivity index (χ0n) is 9.16. The molecule has 0 aliphatic carbocycles. The fourth-order valence-corrected chi connectivity index (χ4v) is 1.91. The van der Waals surface area contributed by atoms with E-state index in [0.717, 1.165) is 16.8 Å². The lowest BCUT2D eigenvalue weighted by Gasteiger charge is -2.03. The second-order valence-electron chi connectivity index (χ2n) is 3.16. The molecule has 0 spiro atoms. The summed E-state index contributed by atoms with van der Waals surface area (Å²) in [7, 11) is 0. The van der Waals surface area contributed by atoms with E-state index in [4.69, 9.17) is 4.74 Å². The van der Waals surface area contributed by atoms with Gasteiger partial charge in [0.05, 0.1) is 11.6 Å². The highest BCUT2D eigenvalue weighted by molar-refractivity contribution is 9.09. The predicted octanol–water partition coefficient (Wildman–Crippen LogP) is 1.98. The number of amides is 1. The Labute approximate surface area is 108 Å². The highest BCUT2D eigenvalue weighted by atomic mass is 79.9. The quantitative estimate of drug-likeness (QED) is 0.619. The third-order valence-corrected chi connectivity index (χ3v) is 2.92. The van der Waals surface area contributed by atoms with Gasteiger partial charge in [-0.25, -0.2) is 4.98 Å². The molecule has 0 aliphatic rings. The zero-order valence-corrected chi connectivity index (χ0v) is 11.6. The van der Waals surface area contributed by atoms with Crippen molar-refractivity contribution in [3.05, 3.63) is 16.1 Å². The summed E-state index contributed by atoms with van der Waals surface area (Å²) in [5.74, 6) is -0.107. The lowest BCUT2D eigenvalue weighted by molar-refractivity contribution is 0.0940. The maximum Gasteiger partial charge on any atom is 0.270 e. The number of aromatic nitrogens is 1. The van der Waals surface area contributed by atoms with Crippen LogP contribution in [0.25, 0.3) is 0 Å². The van der Waals surface area contributed by atoms with Gasteiger partial charge in [-0.05, 0) is 13.3 Å². The number of halogens is 1. The van der Waals surface area contributed by atoms with Crippen LogP contribution in [-0.2, 0) is 4.74 Å². The SMILES string of the molecule is Cc1nc(C(=O)NCCCOCCBr)cs1. The molecule has 0 unspecified atom stereocenters. The van der Waals surface area contributed by atoms with Crippen LogP contribution >= 0.6 is 27.3 Å². The molecule has 90 valence electrons. The second-order valence-corrected chi connectivity index (χ2v) is 5.02. The van der Waals surface area contributed by atoms with Crippen LogP contribution in [0, 0.1) is 6.92 Å². The van der Waals surface area contributed by atoms with E-state index >= 15 is 0 Å². The molecule has 1 N–H and O–H groups in total. The van der Waals surface area contributed by atoms with Crippen molar-refractivity contribution in [2.24, 2.45) is 0 Å². The van der Waals surface area contributed by atoms with E-state index < -0.39 is 0 Å². The number of hydrogen-bond donors (Lipinski definition) is 1. The minimum Gasteiger partial charge on any atom is -0.381 e. The van der Waals surface area contributed by atoms with Gasteiger partial charge in [-0.15, -0.1) is 11.3 Å². The number of rotatable bonds is 7. The van der Waals surface area contributed by atoms with Gasteiger partial charge < -0.3 is 10.1 Å². The van der Waals surface area contributed by atoms with Crippen molar-refractivity contribution in [1.82, 2.24) is 10.3 Å². The molecular formula is C10H15BrN2O2S. The number of aryl methyl sites for hydroxylation is 1. The van der Waals surface area contributed by atoms with Crippen LogP contribution in [0.2, 0.25) is 0 Å². The molecule has 0 aromatic carbocycles. The van der Waals surface area contributed by atoms with Crippen LogP contribution < -0.4 is 5.32 Å². The van der Waals surface area contributed by atoms with Crippen LogP contribution in [0.1, 0.15) is 21.9 Å². The molecule has 0 saturated carbocycles. The lowest BCUT2D eigenvalue weighted by atomic mass is 10.4. The van der Waals surface area contributed by atoms with Crippen LogP contribution in [0.15, 0.2) is 5.38 Å². The second kappa shape index (κ2) is 7.76. The number of alkyl halides is 1. The smallest absolute Gasteiger partial charge is 0.270 e. The average molecular weight is 307 g/mol. The lowest BCUT2D eigenvalue weighted by Crippen LogP contribution is -2.25. The van der Waals surface area contributed by atoms with Gasteiger partial charge >= 0.3 is 0 Å². The van der Waals surface area contributed by atoms with Gasteiger partial charge in [0.15, 0.2) is 0 Å². The Morgan fingerprint density at radius 1 is 1.62 bits per heavy atom. The Balaban J connectivity index is 2.11. The van der Waals surface area contributed by atoms with Crippen molar-refractivity contribution in [3.63, 3.8) is 0 Å². The third kappa shape index (κ3) is 5.05. The number of nitrogens with one attached hydrogen (secondary N) is 1. The Kier molecular flexibility index (Phi) is 6.59. The number of carbonyl (C=O) groups is 1. The van der Waals surface area contributed by atoms with Crippen LogP contribution in [0.3, 0.4) is 0 Å². The summed E-state index contributed by atoms with van der Waals surface area (Å²) in [6.45, 7) is 3.88. The summed E-state index contributed by atoms with van der Waals surface area (Å²) in [5.41, 5.74) is 0.504. The summed E-state index contributed by atoms with van der Waals surface area (Å²) >= 11 is 4.75. The molecular weight excluding hydrogens is 292 g/mol. The summed E-state index contributed by atoms with van der Waals surface area (Å²) < 4.78 is 5.26. The number of thiazole rings is 1. The fourth-order valence-electron chi connectivity index (χ4n) is 1.09. The van der Waals surface area contributed by atoms with Crippen molar-refractivity contribution in [2.75, 3.05) is 25.1 Å². The highest BCUT2D eigenvalue weighted by Gasteiger charge is 2.07. The van der Waals surface area contributed by atoms with Crippen molar-refractivity contribution < 1.29 is 9.53 Å². The van der Waals surface area contributed by atoms with E-state index in [1.807, 2.05) is 6.92 Å². The van der Waals surface area contributed by atoms with E-state index in [2.05, 4.69) is 26.2 Å². The van der Waals surface area contributed by atoms with E-state index in [0.29, 0.717) is 25.5 Å². The van der Waals surface area contributed by atoms with E-state index in [1.165, 1.54) is 11.3 Å². The molecule has 0 saturated heterocycles. The van der Waals surface area contributed by atoms with Crippen molar-refractivity contribution >= 4 is 33.2 Å². The molecule has 1 heterocycles. The summed E-state index contributed by atoms with van der Waals surface area (Å²) in [6.07, 6.45) is 0.821. The maximum atomic E-state index is 11.5. The van der Waals surface area contributed by atoms with Gasteiger partial charge in [0, 0.05) is 23.9 Å². The van der Waals surface area contributed by atoms with Gasteiger partial charge in [0.25, 0.3) is 5.91 Å². The number of hydrogen-bond acceptors (Lipinski definition) is 4. The van der Waals surface area contributed by atoms with E-state index in [9.17, 15) is 4.79 Å². The summed E-state index contributed by atoms with van der Waals surface area (Å²) in [6, 6.07) is 0. The molecule has 4 nitrogen and oxygen atoms in total. The zero-order chi connectivity index (χ0) is 11.8. The first-order chi connectivity index (χ1) is 7.74. The normalized spacial score (nSPS) is 10.4. The highest BCUT2D eigenvalue weighted by Crippen LogP contribution is 2.07. The Bertz CT molecular complexity index is 330. The first kappa shape index (κ1) is 13.6. The molecule has 16 heavy (non-hydrogen) atoms. The fraction of sp³-hybridized carbons (Fsp3) is 0.600. The molecule has 1 aromatic heterocycles.